The van der Waals surface area contributed by atoms with Crippen LogP contribution in [-0.2, 0) is 6.42 Å². The van der Waals surface area contributed by atoms with Gasteiger partial charge in [-0.1, -0.05) is 12.1 Å². The Labute approximate surface area is 115 Å². The summed E-state index contributed by atoms with van der Waals surface area (Å²) < 4.78 is 5.17. The molecule has 2 unspecified atom stereocenters. The van der Waals surface area contributed by atoms with Crippen molar-refractivity contribution in [3.63, 3.8) is 0 Å². The van der Waals surface area contributed by atoms with Gasteiger partial charge in [0.25, 0.3) is 0 Å². The van der Waals surface area contributed by atoms with E-state index in [0.29, 0.717) is 6.04 Å². The van der Waals surface area contributed by atoms with E-state index < -0.39 is 5.60 Å². The first-order valence-electron chi connectivity index (χ1n) is 7.31. The maximum absolute atomic E-state index is 10.9. The molecule has 104 valence electrons. The van der Waals surface area contributed by atoms with E-state index in [9.17, 15) is 5.11 Å². The summed E-state index contributed by atoms with van der Waals surface area (Å²) in [6, 6.07) is 8.60. The molecule has 1 aromatic carbocycles. The third kappa shape index (κ3) is 2.49. The lowest BCUT2D eigenvalue weighted by Gasteiger charge is -2.30. The van der Waals surface area contributed by atoms with Gasteiger partial charge in [0.15, 0.2) is 0 Å². The van der Waals surface area contributed by atoms with E-state index in [1.165, 1.54) is 24.9 Å². The molecule has 2 aliphatic rings. The summed E-state index contributed by atoms with van der Waals surface area (Å²) in [7, 11) is 1.69. The summed E-state index contributed by atoms with van der Waals surface area (Å²) in [5.41, 5.74) is 0.821. The normalized spacial score (nSPS) is 30.5. The SMILES string of the molecule is COc1ccc(CCC2(O)CCN3CCCC32)cc1. The lowest BCUT2D eigenvalue weighted by atomic mass is 9.86. The van der Waals surface area contributed by atoms with Crippen LogP contribution in [0.1, 0.15) is 31.2 Å². The van der Waals surface area contributed by atoms with E-state index in [0.717, 1.165) is 31.6 Å². The molecule has 0 radical (unpaired) electrons. The Kier molecular flexibility index (Phi) is 3.50. The first kappa shape index (κ1) is 12.9. The van der Waals surface area contributed by atoms with Crippen molar-refractivity contribution in [2.24, 2.45) is 0 Å². The molecule has 1 aromatic rings. The van der Waals surface area contributed by atoms with E-state index in [1.54, 1.807) is 7.11 Å². The molecule has 3 rings (SSSR count). The number of aliphatic hydroxyl groups is 1. The minimum absolute atomic E-state index is 0.408. The zero-order chi connectivity index (χ0) is 13.3. The smallest absolute Gasteiger partial charge is 0.118 e. The fraction of sp³-hybridized carbons (Fsp3) is 0.625. The molecule has 2 aliphatic heterocycles. The number of benzene rings is 1. The Hall–Kier alpha value is -1.06. The van der Waals surface area contributed by atoms with Gasteiger partial charge in [0.1, 0.15) is 5.75 Å². The number of rotatable bonds is 4. The number of hydrogen-bond donors (Lipinski definition) is 1. The molecule has 0 saturated carbocycles. The van der Waals surface area contributed by atoms with E-state index in [4.69, 9.17) is 4.74 Å². The minimum Gasteiger partial charge on any atom is -0.497 e. The second kappa shape index (κ2) is 5.14. The second-order valence-corrected chi connectivity index (χ2v) is 5.90. The molecule has 0 amide bonds. The van der Waals surface area contributed by atoms with Gasteiger partial charge < -0.3 is 9.84 Å². The predicted octanol–water partition coefficient (Wildman–Crippen LogP) is 2.23. The average molecular weight is 261 g/mol. The standard InChI is InChI=1S/C16H23NO2/c1-19-14-6-4-13(5-7-14)8-9-16(18)10-12-17-11-2-3-15(16)17/h4-7,15,18H,2-3,8-12H2,1H3. The molecule has 3 nitrogen and oxygen atoms in total. The summed E-state index contributed by atoms with van der Waals surface area (Å²) in [6.07, 6.45) is 5.17. The number of ether oxygens (including phenoxy) is 1. The zero-order valence-corrected chi connectivity index (χ0v) is 11.6. The number of methoxy groups -OCH3 is 1. The van der Waals surface area contributed by atoms with Crippen molar-refractivity contribution in [1.82, 2.24) is 4.90 Å². The monoisotopic (exact) mass is 261 g/mol. The zero-order valence-electron chi connectivity index (χ0n) is 11.6. The van der Waals surface area contributed by atoms with Crippen molar-refractivity contribution in [3.05, 3.63) is 29.8 Å². The predicted molar refractivity (Wildman–Crippen MR) is 75.5 cm³/mol. The quantitative estimate of drug-likeness (QED) is 0.902. The molecule has 2 fully saturated rings. The summed E-state index contributed by atoms with van der Waals surface area (Å²) >= 11 is 0. The summed E-state index contributed by atoms with van der Waals surface area (Å²) in [5, 5.41) is 10.9. The van der Waals surface area contributed by atoms with Gasteiger partial charge in [0.2, 0.25) is 0 Å². The molecule has 2 heterocycles. The average Bonchev–Trinajstić information content (AvgIpc) is 3.02. The van der Waals surface area contributed by atoms with Crippen LogP contribution in [0.5, 0.6) is 5.75 Å². The maximum Gasteiger partial charge on any atom is 0.118 e. The Balaban J connectivity index is 1.61. The van der Waals surface area contributed by atoms with Crippen molar-refractivity contribution in [3.8, 4) is 5.75 Å². The summed E-state index contributed by atoms with van der Waals surface area (Å²) in [4.78, 5) is 2.47. The van der Waals surface area contributed by atoms with Crippen LogP contribution in [-0.4, -0.2) is 41.8 Å². The maximum atomic E-state index is 10.9. The van der Waals surface area contributed by atoms with Gasteiger partial charge in [-0.05, 0) is 56.3 Å². The summed E-state index contributed by atoms with van der Waals surface area (Å²) in [5.74, 6) is 0.894. The van der Waals surface area contributed by atoms with Crippen LogP contribution in [0.2, 0.25) is 0 Å². The van der Waals surface area contributed by atoms with Crippen molar-refractivity contribution in [2.75, 3.05) is 20.2 Å². The number of aryl methyl sites for hydroxylation is 1. The third-order valence-electron chi connectivity index (χ3n) is 4.82. The number of hydrogen-bond acceptors (Lipinski definition) is 3. The van der Waals surface area contributed by atoms with Crippen LogP contribution in [0.4, 0.5) is 0 Å². The number of nitrogens with zero attached hydrogens (tertiary/aromatic N) is 1. The molecular weight excluding hydrogens is 238 g/mol. The molecule has 0 spiro atoms. The van der Waals surface area contributed by atoms with Crippen LogP contribution < -0.4 is 4.74 Å². The Morgan fingerprint density at radius 2 is 2.11 bits per heavy atom. The van der Waals surface area contributed by atoms with Crippen molar-refractivity contribution in [1.29, 1.82) is 0 Å². The van der Waals surface area contributed by atoms with Gasteiger partial charge >= 0.3 is 0 Å². The summed E-state index contributed by atoms with van der Waals surface area (Å²) in [6.45, 7) is 2.25. The van der Waals surface area contributed by atoms with Gasteiger partial charge in [0, 0.05) is 12.6 Å². The Bertz CT molecular complexity index is 431. The van der Waals surface area contributed by atoms with E-state index >= 15 is 0 Å². The number of fused-ring (bicyclic) bond motifs is 1. The second-order valence-electron chi connectivity index (χ2n) is 5.90. The van der Waals surface area contributed by atoms with Gasteiger partial charge in [-0.25, -0.2) is 0 Å². The highest BCUT2D eigenvalue weighted by Crippen LogP contribution is 2.38. The highest BCUT2D eigenvalue weighted by Gasteiger charge is 2.47. The molecule has 3 heteroatoms. The molecule has 0 aromatic heterocycles. The molecular formula is C16H23NO2. The Morgan fingerprint density at radius 3 is 2.84 bits per heavy atom. The van der Waals surface area contributed by atoms with Gasteiger partial charge in [-0.3, -0.25) is 4.90 Å². The largest absolute Gasteiger partial charge is 0.497 e. The van der Waals surface area contributed by atoms with Crippen molar-refractivity contribution in [2.45, 2.75) is 43.7 Å². The molecule has 1 N–H and O–H groups in total. The van der Waals surface area contributed by atoms with Crippen LogP contribution in [0.15, 0.2) is 24.3 Å². The van der Waals surface area contributed by atoms with Crippen LogP contribution >= 0.6 is 0 Å². The molecule has 0 aliphatic carbocycles. The van der Waals surface area contributed by atoms with Crippen LogP contribution in [0.25, 0.3) is 0 Å². The fourth-order valence-corrected chi connectivity index (χ4v) is 3.65. The molecule has 0 bridgehead atoms. The van der Waals surface area contributed by atoms with Gasteiger partial charge in [-0.2, -0.15) is 0 Å². The highest BCUT2D eigenvalue weighted by atomic mass is 16.5. The van der Waals surface area contributed by atoms with Gasteiger partial charge in [0.05, 0.1) is 12.7 Å². The third-order valence-corrected chi connectivity index (χ3v) is 4.82. The lowest BCUT2D eigenvalue weighted by Crippen LogP contribution is -2.41. The van der Waals surface area contributed by atoms with Crippen LogP contribution in [0.3, 0.4) is 0 Å². The van der Waals surface area contributed by atoms with E-state index in [1.807, 2.05) is 12.1 Å². The molecule has 2 atom stereocenters. The first-order chi connectivity index (χ1) is 9.21. The Morgan fingerprint density at radius 1 is 1.32 bits per heavy atom. The van der Waals surface area contributed by atoms with Crippen LogP contribution in [0, 0.1) is 0 Å². The van der Waals surface area contributed by atoms with E-state index in [2.05, 4.69) is 17.0 Å². The topological polar surface area (TPSA) is 32.7 Å². The highest BCUT2D eigenvalue weighted by molar-refractivity contribution is 5.27. The first-order valence-corrected chi connectivity index (χ1v) is 7.31. The molecule has 2 saturated heterocycles. The van der Waals surface area contributed by atoms with Gasteiger partial charge in [-0.15, -0.1) is 0 Å². The lowest BCUT2D eigenvalue weighted by molar-refractivity contribution is 0.00613. The minimum atomic E-state index is -0.462. The van der Waals surface area contributed by atoms with Crippen molar-refractivity contribution < 1.29 is 9.84 Å². The van der Waals surface area contributed by atoms with Crippen molar-refractivity contribution >= 4 is 0 Å². The fourth-order valence-electron chi connectivity index (χ4n) is 3.65. The van der Waals surface area contributed by atoms with E-state index in [-0.39, 0.29) is 0 Å². The molecule has 19 heavy (non-hydrogen) atoms.